The van der Waals surface area contributed by atoms with Gasteiger partial charge in [0.05, 0.1) is 9.30 Å². The third-order valence-corrected chi connectivity index (χ3v) is 4.10. The molecule has 0 aliphatic carbocycles. The zero-order valence-electron chi connectivity index (χ0n) is 9.21. The zero-order chi connectivity index (χ0) is 12.4. The highest BCUT2D eigenvalue weighted by Gasteiger charge is 2.15. The lowest BCUT2D eigenvalue weighted by molar-refractivity contribution is 0.477. The van der Waals surface area contributed by atoms with E-state index in [1.165, 1.54) is 6.07 Å². The number of benzene rings is 1. The number of hydrogen-bond acceptors (Lipinski definition) is 1. The summed E-state index contributed by atoms with van der Waals surface area (Å²) in [4.78, 5) is -0.0558. The zero-order valence-corrected chi connectivity index (χ0v) is 12.4. The van der Waals surface area contributed by atoms with Gasteiger partial charge in [0, 0.05) is 6.42 Å². The van der Waals surface area contributed by atoms with Crippen LogP contribution in [-0.4, -0.2) is 0 Å². The van der Waals surface area contributed by atoms with Crippen LogP contribution in [0.3, 0.4) is 0 Å². The monoisotopic (exact) mass is 360 g/mol. The van der Waals surface area contributed by atoms with Gasteiger partial charge in [-0.1, -0.05) is 28.9 Å². The normalized spacial score (nSPS) is 12.7. The van der Waals surface area contributed by atoms with Crippen molar-refractivity contribution in [3.8, 4) is 0 Å². The minimum Gasteiger partial charge on any atom is -0.465 e. The van der Waals surface area contributed by atoms with Crippen LogP contribution in [0.15, 0.2) is 39.2 Å². The molecule has 0 saturated carbocycles. The Kier molecular flexibility index (Phi) is 4.05. The summed E-state index contributed by atoms with van der Waals surface area (Å²) in [7, 11) is 0. The molecule has 1 unspecified atom stereocenters. The standard InChI is InChI=1S/C13H11Br2FO/c1-2-9-4-6-12(17-9)13(15)8-3-5-11(16)10(14)7-8/h3-7,13H,2H2,1H3. The summed E-state index contributed by atoms with van der Waals surface area (Å²) in [5.41, 5.74) is 0.954. The molecule has 1 heterocycles. The van der Waals surface area contributed by atoms with Crippen LogP contribution < -0.4 is 0 Å². The molecular weight excluding hydrogens is 351 g/mol. The lowest BCUT2D eigenvalue weighted by Crippen LogP contribution is -1.91. The Labute approximate surface area is 116 Å². The second kappa shape index (κ2) is 5.36. The fourth-order valence-corrected chi connectivity index (χ4v) is 2.48. The van der Waals surface area contributed by atoms with E-state index in [2.05, 4.69) is 31.9 Å². The van der Waals surface area contributed by atoms with Gasteiger partial charge in [0.15, 0.2) is 0 Å². The van der Waals surface area contributed by atoms with Crippen LogP contribution in [0, 0.1) is 5.82 Å². The molecule has 0 N–H and O–H groups in total. The summed E-state index contributed by atoms with van der Waals surface area (Å²) in [5.74, 6) is 1.52. The van der Waals surface area contributed by atoms with Crippen molar-refractivity contribution < 1.29 is 8.81 Å². The number of aryl methyl sites for hydroxylation is 1. The number of alkyl halides is 1. The van der Waals surface area contributed by atoms with Crippen molar-refractivity contribution in [2.24, 2.45) is 0 Å². The molecule has 17 heavy (non-hydrogen) atoms. The van der Waals surface area contributed by atoms with Crippen molar-refractivity contribution in [3.05, 3.63) is 57.7 Å². The molecule has 0 aliphatic rings. The first-order valence-electron chi connectivity index (χ1n) is 5.29. The quantitative estimate of drug-likeness (QED) is 0.682. The van der Waals surface area contributed by atoms with Crippen molar-refractivity contribution in [1.82, 2.24) is 0 Å². The predicted octanol–water partition coefficient (Wildman–Crippen LogP) is 5.23. The van der Waals surface area contributed by atoms with Crippen LogP contribution in [-0.2, 0) is 6.42 Å². The Bertz CT molecular complexity index is 522. The first-order valence-corrected chi connectivity index (χ1v) is 7.00. The third-order valence-electron chi connectivity index (χ3n) is 2.52. The first kappa shape index (κ1) is 12.8. The molecule has 90 valence electrons. The summed E-state index contributed by atoms with van der Waals surface area (Å²) >= 11 is 6.74. The van der Waals surface area contributed by atoms with E-state index in [9.17, 15) is 4.39 Å². The molecule has 1 nitrogen and oxygen atoms in total. The fraction of sp³-hybridized carbons (Fsp3) is 0.231. The average Bonchev–Trinajstić information content (AvgIpc) is 2.80. The SMILES string of the molecule is CCc1ccc(C(Br)c2ccc(F)c(Br)c2)o1. The van der Waals surface area contributed by atoms with E-state index in [4.69, 9.17) is 4.42 Å². The van der Waals surface area contributed by atoms with Gasteiger partial charge in [0.25, 0.3) is 0 Å². The van der Waals surface area contributed by atoms with Crippen molar-refractivity contribution in [2.45, 2.75) is 18.2 Å². The maximum absolute atomic E-state index is 13.1. The second-order valence-corrected chi connectivity index (χ2v) is 5.46. The first-order chi connectivity index (χ1) is 8.11. The van der Waals surface area contributed by atoms with E-state index in [1.807, 2.05) is 19.1 Å². The molecule has 2 rings (SSSR count). The molecule has 0 amide bonds. The molecule has 1 aromatic heterocycles. The Morgan fingerprint density at radius 1 is 1.29 bits per heavy atom. The molecule has 0 fully saturated rings. The number of hydrogen-bond donors (Lipinski definition) is 0. The predicted molar refractivity (Wildman–Crippen MR) is 73.0 cm³/mol. The third kappa shape index (κ3) is 2.80. The van der Waals surface area contributed by atoms with Crippen LogP contribution in [0.4, 0.5) is 4.39 Å². The molecule has 1 atom stereocenters. The molecule has 4 heteroatoms. The van der Waals surface area contributed by atoms with Gasteiger partial charge in [0.2, 0.25) is 0 Å². The van der Waals surface area contributed by atoms with Gasteiger partial charge in [-0.2, -0.15) is 0 Å². The minimum atomic E-state index is -0.262. The van der Waals surface area contributed by atoms with Gasteiger partial charge in [-0.05, 0) is 45.8 Å². The lowest BCUT2D eigenvalue weighted by Gasteiger charge is -2.08. The van der Waals surface area contributed by atoms with E-state index >= 15 is 0 Å². The molecule has 0 radical (unpaired) electrons. The Morgan fingerprint density at radius 3 is 2.65 bits per heavy atom. The van der Waals surface area contributed by atoms with E-state index in [1.54, 1.807) is 12.1 Å². The van der Waals surface area contributed by atoms with E-state index in [0.717, 1.165) is 23.5 Å². The fourth-order valence-electron chi connectivity index (χ4n) is 1.56. The van der Waals surface area contributed by atoms with E-state index < -0.39 is 0 Å². The number of halogens is 3. The maximum atomic E-state index is 13.1. The van der Waals surface area contributed by atoms with Crippen molar-refractivity contribution in [2.75, 3.05) is 0 Å². The molecule has 1 aromatic carbocycles. The largest absolute Gasteiger partial charge is 0.465 e. The van der Waals surface area contributed by atoms with Gasteiger partial charge in [-0.3, -0.25) is 0 Å². The average molecular weight is 362 g/mol. The van der Waals surface area contributed by atoms with Gasteiger partial charge in [0.1, 0.15) is 17.3 Å². The highest BCUT2D eigenvalue weighted by Crippen LogP contribution is 2.33. The topological polar surface area (TPSA) is 13.1 Å². The van der Waals surface area contributed by atoms with Crippen molar-refractivity contribution >= 4 is 31.9 Å². The summed E-state index contributed by atoms with van der Waals surface area (Å²) in [5, 5.41) is 0. The Hall–Kier alpha value is -0.610. The van der Waals surface area contributed by atoms with E-state index in [0.29, 0.717) is 4.47 Å². The molecule has 2 aromatic rings. The van der Waals surface area contributed by atoms with Crippen LogP contribution in [0.2, 0.25) is 0 Å². The minimum absolute atomic E-state index is 0.0558. The lowest BCUT2D eigenvalue weighted by atomic mass is 10.1. The summed E-state index contributed by atoms with van der Waals surface area (Å²) in [6.45, 7) is 2.04. The smallest absolute Gasteiger partial charge is 0.137 e. The number of furan rings is 1. The van der Waals surface area contributed by atoms with Gasteiger partial charge in [-0.25, -0.2) is 4.39 Å². The molecule has 0 bridgehead atoms. The van der Waals surface area contributed by atoms with Gasteiger partial charge >= 0.3 is 0 Å². The molecule has 0 spiro atoms. The van der Waals surface area contributed by atoms with Crippen molar-refractivity contribution in [1.29, 1.82) is 0 Å². The van der Waals surface area contributed by atoms with E-state index in [-0.39, 0.29) is 10.6 Å². The Morgan fingerprint density at radius 2 is 2.06 bits per heavy atom. The van der Waals surface area contributed by atoms with Gasteiger partial charge < -0.3 is 4.42 Å². The van der Waals surface area contributed by atoms with Crippen LogP contribution >= 0.6 is 31.9 Å². The van der Waals surface area contributed by atoms with Crippen LogP contribution in [0.5, 0.6) is 0 Å². The summed E-state index contributed by atoms with van der Waals surface area (Å²) < 4.78 is 19.3. The highest BCUT2D eigenvalue weighted by atomic mass is 79.9. The second-order valence-electron chi connectivity index (χ2n) is 3.69. The maximum Gasteiger partial charge on any atom is 0.137 e. The summed E-state index contributed by atoms with van der Waals surface area (Å²) in [6.07, 6.45) is 0.868. The van der Waals surface area contributed by atoms with Crippen LogP contribution in [0.25, 0.3) is 0 Å². The number of rotatable bonds is 3. The molecule has 0 saturated heterocycles. The molecule has 0 aliphatic heterocycles. The van der Waals surface area contributed by atoms with Crippen LogP contribution in [0.1, 0.15) is 28.8 Å². The summed E-state index contributed by atoms with van der Waals surface area (Å²) in [6, 6.07) is 8.84. The Balaban J connectivity index is 2.29. The molecular formula is C13H11Br2FO. The van der Waals surface area contributed by atoms with Crippen molar-refractivity contribution in [3.63, 3.8) is 0 Å². The van der Waals surface area contributed by atoms with Gasteiger partial charge in [-0.15, -0.1) is 0 Å². The highest BCUT2D eigenvalue weighted by molar-refractivity contribution is 9.10.